The summed E-state index contributed by atoms with van der Waals surface area (Å²) in [7, 11) is 0. The molecule has 0 radical (unpaired) electrons. The highest BCUT2D eigenvalue weighted by molar-refractivity contribution is 7.17. The fraction of sp³-hybridized carbons (Fsp3) is 0. The molecule has 0 spiro atoms. The fourth-order valence-electron chi connectivity index (χ4n) is 4.11. The lowest BCUT2D eigenvalue weighted by atomic mass is 9.93. The maximum absolute atomic E-state index is 10.8. The number of hydrogen-bond acceptors (Lipinski definition) is 4. The second kappa shape index (κ2) is 4.87. The molecule has 0 aliphatic carbocycles. The first kappa shape index (κ1) is 14.4. The van der Waals surface area contributed by atoms with Crippen molar-refractivity contribution in [3.05, 3.63) is 59.3 Å². The van der Waals surface area contributed by atoms with Crippen LogP contribution in [-0.2, 0) is 0 Å². The highest BCUT2D eigenvalue weighted by Gasteiger charge is 2.15. The standard InChI is InChI=1S/C22H12O2S2/c23-17-10-16-12-2-4-20-14(6-8-26-20)22(12)18(24)9-15(16)11-1-3-19-13(21(11)17)5-7-25-19/h1-10,23-24H. The monoisotopic (exact) mass is 372 g/mol. The van der Waals surface area contributed by atoms with Gasteiger partial charge < -0.3 is 10.2 Å². The molecule has 4 aromatic carbocycles. The highest BCUT2D eigenvalue weighted by atomic mass is 32.1. The van der Waals surface area contributed by atoms with Crippen LogP contribution in [0, 0.1) is 0 Å². The molecule has 0 aliphatic heterocycles. The molecule has 26 heavy (non-hydrogen) atoms. The first-order chi connectivity index (χ1) is 12.7. The number of phenols is 2. The fourth-order valence-corrected chi connectivity index (χ4v) is 5.70. The molecule has 0 unspecified atom stereocenters. The van der Waals surface area contributed by atoms with Gasteiger partial charge in [0.1, 0.15) is 11.5 Å². The van der Waals surface area contributed by atoms with Gasteiger partial charge in [0.15, 0.2) is 0 Å². The van der Waals surface area contributed by atoms with Gasteiger partial charge >= 0.3 is 0 Å². The van der Waals surface area contributed by atoms with Crippen molar-refractivity contribution in [1.82, 2.24) is 0 Å². The maximum atomic E-state index is 10.8. The number of hydrogen-bond donors (Lipinski definition) is 2. The van der Waals surface area contributed by atoms with E-state index in [0.717, 1.165) is 52.5 Å². The van der Waals surface area contributed by atoms with Crippen LogP contribution in [-0.4, -0.2) is 10.2 Å². The molecule has 2 N–H and O–H groups in total. The molecule has 0 fully saturated rings. The summed E-state index contributed by atoms with van der Waals surface area (Å²) in [4.78, 5) is 0. The molecule has 0 bridgehead atoms. The molecule has 2 nitrogen and oxygen atoms in total. The minimum absolute atomic E-state index is 0.286. The number of fused-ring (bicyclic) bond motifs is 9. The average Bonchev–Trinajstić information content (AvgIpc) is 3.30. The van der Waals surface area contributed by atoms with E-state index in [1.54, 1.807) is 22.7 Å². The minimum atomic E-state index is 0.286. The Hall–Kier alpha value is -2.82. The second-order valence-corrected chi connectivity index (χ2v) is 8.42. The molecular formula is C22H12O2S2. The lowest BCUT2D eigenvalue weighted by molar-refractivity contribution is 0.481. The number of aromatic hydroxyl groups is 2. The Balaban J connectivity index is 1.93. The quantitative estimate of drug-likeness (QED) is 0.282. The summed E-state index contributed by atoms with van der Waals surface area (Å²) >= 11 is 3.33. The zero-order chi connectivity index (χ0) is 17.4. The topological polar surface area (TPSA) is 40.5 Å². The molecule has 6 aromatic rings. The molecule has 0 saturated heterocycles. The third kappa shape index (κ3) is 1.70. The predicted molar refractivity (Wildman–Crippen MR) is 113 cm³/mol. The Labute approximate surface area is 156 Å². The number of phenolic OH excluding ortho intramolecular Hbond substituents is 2. The Morgan fingerprint density at radius 3 is 1.42 bits per heavy atom. The van der Waals surface area contributed by atoms with Crippen LogP contribution in [0.25, 0.3) is 52.5 Å². The van der Waals surface area contributed by atoms with Gasteiger partial charge in [-0.1, -0.05) is 12.1 Å². The van der Waals surface area contributed by atoms with Crippen LogP contribution in [0.2, 0.25) is 0 Å². The number of benzene rings is 4. The molecule has 124 valence electrons. The Bertz CT molecular complexity index is 1390. The Kier molecular flexibility index (Phi) is 2.69. The third-order valence-corrected chi connectivity index (χ3v) is 6.98. The maximum Gasteiger partial charge on any atom is 0.124 e. The van der Waals surface area contributed by atoms with E-state index in [-0.39, 0.29) is 11.5 Å². The zero-order valence-electron chi connectivity index (χ0n) is 13.5. The van der Waals surface area contributed by atoms with Gasteiger partial charge in [0.05, 0.1) is 0 Å². The summed E-state index contributed by atoms with van der Waals surface area (Å²) < 4.78 is 2.30. The smallest absolute Gasteiger partial charge is 0.124 e. The van der Waals surface area contributed by atoms with Gasteiger partial charge in [-0.05, 0) is 68.7 Å². The summed E-state index contributed by atoms with van der Waals surface area (Å²) in [6, 6.07) is 16.0. The molecule has 0 aliphatic rings. The normalized spacial score (nSPS) is 12.2. The van der Waals surface area contributed by atoms with Crippen molar-refractivity contribution in [1.29, 1.82) is 0 Å². The predicted octanol–water partition coefficient (Wildman–Crippen LogP) is 6.99. The molecule has 2 heterocycles. The Morgan fingerprint density at radius 1 is 0.500 bits per heavy atom. The van der Waals surface area contributed by atoms with Gasteiger partial charge in [0.25, 0.3) is 0 Å². The van der Waals surface area contributed by atoms with Crippen molar-refractivity contribution >= 4 is 75.2 Å². The van der Waals surface area contributed by atoms with Crippen LogP contribution in [0.3, 0.4) is 0 Å². The van der Waals surface area contributed by atoms with E-state index < -0.39 is 0 Å². The van der Waals surface area contributed by atoms with E-state index in [1.165, 1.54) is 0 Å². The highest BCUT2D eigenvalue weighted by Crippen LogP contribution is 2.45. The minimum Gasteiger partial charge on any atom is -0.507 e. The van der Waals surface area contributed by atoms with Crippen molar-refractivity contribution in [3.8, 4) is 11.5 Å². The van der Waals surface area contributed by atoms with Gasteiger partial charge in [-0.15, -0.1) is 22.7 Å². The van der Waals surface area contributed by atoms with Gasteiger partial charge in [-0.25, -0.2) is 0 Å². The van der Waals surface area contributed by atoms with Crippen LogP contribution in [0.15, 0.2) is 59.3 Å². The first-order valence-electron chi connectivity index (χ1n) is 8.30. The SMILES string of the molecule is Oc1cc2c(cc(O)c3c4ccsc4ccc23)c2ccc3sccc3c12. The van der Waals surface area contributed by atoms with Gasteiger partial charge in [-0.2, -0.15) is 0 Å². The van der Waals surface area contributed by atoms with Gasteiger partial charge in [-0.3, -0.25) is 0 Å². The van der Waals surface area contributed by atoms with Crippen LogP contribution in [0.1, 0.15) is 0 Å². The molecule has 0 atom stereocenters. The largest absolute Gasteiger partial charge is 0.507 e. The molecule has 0 saturated carbocycles. The zero-order valence-corrected chi connectivity index (χ0v) is 15.1. The second-order valence-electron chi connectivity index (χ2n) is 6.53. The summed E-state index contributed by atoms with van der Waals surface area (Å²) in [5, 5.41) is 33.4. The third-order valence-electron chi connectivity index (χ3n) is 5.22. The first-order valence-corrected chi connectivity index (χ1v) is 10.1. The summed E-state index contributed by atoms with van der Waals surface area (Å²) in [6.45, 7) is 0. The van der Waals surface area contributed by atoms with Crippen LogP contribution >= 0.6 is 22.7 Å². The number of rotatable bonds is 0. The molecule has 2 aromatic heterocycles. The van der Waals surface area contributed by atoms with Crippen molar-refractivity contribution < 1.29 is 10.2 Å². The van der Waals surface area contributed by atoms with Crippen molar-refractivity contribution in [2.45, 2.75) is 0 Å². The summed E-state index contributed by atoms with van der Waals surface area (Å²) in [5.74, 6) is 0.572. The molecule has 6 rings (SSSR count). The lowest BCUT2D eigenvalue weighted by Crippen LogP contribution is -1.84. The average molecular weight is 372 g/mol. The van der Waals surface area contributed by atoms with Crippen molar-refractivity contribution in [2.24, 2.45) is 0 Å². The summed E-state index contributed by atoms with van der Waals surface area (Å²) in [6.07, 6.45) is 0. The van der Waals surface area contributed by atoms with Crippen molar-refractivity contribution in [3.63, 3.8) is 0 Å². The molecular weight excluding hydrogens is 360 g/mol. The van der Waals surface area contributed by atoms with Gasteiger partial charge in [0, 0.05) is 30.9 Å². The van der Waals surface area contributed by atoms with Gasteiger partial charge in [0.2, 0.25) is 0 Å². The van der Waals surface area contributed by atoms with E-state index >= 15 is 0 Å². The van der Waals surface area contributed by atoms with Crippen LogP contribution < -0.4 is 0 Å². The van der Waals surface area contributed by atoms with E-state index in [9.17, 15) is 10.2 Å². The van der Waals surface area contributed by atoms with E-state index in [1.807, 2.05) is 47.2 Å². The lowest BCUT2D eigenvalue weighted by Gasteiger charge is -2.12. The van der Waals surface area contributed by atoms with Crippen LogP contribution in [0.5, 0.6) is 11.5 Å². The van der Waals surface area contributed by atoms with Crippen LogP contribution in [0.4, 0.5) is 0 Å². The van der Waals surface area contributed by atoms with E-state index in [4.69, 9.17) is 0 Å². The number of thiophene rings is 2. The molecule has 4 heteroatoms. The molecule has 0 amide bonds. The van der Waals surface area contributed by atoms with Crippen molar-refractivity contribution in [2.75, 3.05) is 0 Å². The van der Waals surface area contributed by atoms with E-state index in [0.29, 0.717) is 0 Å². The van der Waals surface area contributed by atoms with E-state index in [2.05, 4.69) is 12.1 Å². The Morgan fingerprint density at radius 2 is 0.962 bits per heavy atom. The summed E-state index contributed by atoms with van der Waals surface area (Å²) in [5.41, 5.74) is 0.